The van der Waals surface area contributed by atoms with Crippen molar-refractivity contribution in [3.05, 3.63) is 59.7 Å². The highest BCUT2D eigenvalue weighted by atomic mass is 32.1. The van der Waals surface area contributed by atoms with E-state index in [9.17, 15) is 4.79 Å². The summed E-state index contributed by atoms with van der Waals surface area (Å²) in [5.41, 5.74) is 2.93. The second-order valence-corrected chi connectivity index (χ2v) is 6.88. The number of anilines is 1. The van der Waals surface area contributed by atoms with Gasteiger partial charge in [-0.2, -0.15) is 0 Å². The van der Waals surface area contributed by atoms with Gasteiger partial charge in [-0.15, -0.1) is 0 Å². The molecule has 1 aromatic heterocycles. The molecule has 0 atom stereocenters. The number of para-hydroxylation sites is 1. The van der Waals surface area contributed by atoms with Crippen molar-refractivity contribution in [2.24, 2.45) is 0 Å². The molecule has 4 nitrogen and oxygen atoms in total. The van der Waals surface area contributed by atoms with Gasteiger partial charge >= 0.3 is 0 Å². The Bertz CT molecular complexity index is 806. The fraction of sp³-hybridized carbons (Fsp3) is 0.263. The number of carbonyl (C=O) groups excluding carboxylic acids is 1. The van der Waals surface area contributed by atoms with Crippen LogP contribution in [-0.4, -0.2) is 36.4 Å². The second-order valence-electron chi connectivity index (χ2n) is 5.87. The Hall–Kier alpha value is -2.40. The zero-order valence-corrected chi connectivity index (χ0v) is 15.0. The van der Waals surface area contributed by atoms with Crippen molar-refractivity contribution in [2.75, 3.05) is 25.5 Å². The molecular formula is C19H21N3OS. The minimum atomic E-state index is 0.0278. The smallest absolute Gasteiger partial charge is 0.253 e. The predicted molar refractivity (Wildman–Crippen MR) is 101 cm³/mol. The summed E-state index contributed by atoms with van der Waals surface area (Å²) in [6.07, 6.45) is 0. The Kier molecular flexibility index (Phi) is 4.81. The number of aromatic nitrogens is 1. The van der Waals surface area contributed by atoms with Gasteiger partial charge in [0.1, 0.15) is 0 Å². The van der Waals surface area contributed by atoms with E-state index in [0.29, 0.717) is 5.56 Å². The van der Waals surface area contributed by atoms with Gasteiger partial charge in [-0.1, -0.05) is 35.6 Å². The zero-order valence-electron chi connectivity index (χ0n) is 14.2. The largest absolute Gasteiger partial charge is 0.345 e. The van der Waals surface area contributed by atoms with Crippen LogP contribution in [0.3, 0.4) is 0 Å². The summed E-state index contributed by atoms with van der Waals surface area (Å²) in [6, 6.07) is 16.0. The maximum atomic E-state index is 12.0. The first-order chi connectivity index (χ1) is 11.6. The summed E-state index contributed by atoms with van der Waals surface area (Å²) in [7, 11) is 3.53. The standard InChI is InChI=1S/C19H21N3OS/c1-4-22(19-20-16-7-5-6-8-17(16)24-19)13-14-9-11-15(12-10-14)18(23)21(2)3/h5-12H,4,13H2,1-3H3. The van der Waals surface area contributed by atoms with Crippen LogP contribution < -0.4 is 4.90 Å². The molecule has 0 bridgehead atoms. The SMILES string of the molecule is CCN(Cc1ccc(C(=O)N(C)C)cc1)c1nc2ccccc2s1. The lowest BCUT2D eigenvalue weighted by Crippen LogP contribution is -2.23. The third-order valence-electron chi connectivity index (χ3n) is 3.92. The Morgan fingerprint density at radius 3 is 2.42 bits per heavy atom. The first-order valence-electron chi connectivity index (χ1n) is 7.99. The molecule has 2 aromatic carbocycles. The van der Waals surface area contributed by atoms with Crippen LogP contribution in [-0.2, 0) is 6.54 Å². The number of carbonyl (C=O) groups is 1. The third-order valence-corrected chi connectivity index (χ3v) is 5.01. The molecule has 0 fully saturated rings. The van der Waals surface area contributed by atoms with E-state index in [0.717, 1.165) is 23.7 Å². The lowest BCUT2D eigenvalue weighted by Gasteiger charge is -2.20. The van der Waals surface area contributed by atoms with Crippen LogP contribution in [0.4, 0.5) is 5.13 Å². The van der Waals surface area contributed by atoms with Crippen LogP contribution in [0.25, 0.3) is 10.2 Å². The fourth-order valence-corrected chi connectivity index (χ4v) is 3.57. The number of fused-ring (bicyclic) bond motifs is 1. The maximum absolute atomic E-state index is 12.0. The summed E-state index contributed by atoms with van der Waals surface area (Å²) < 4.78 is 1.21. The number of amides is 1. The van der Waals surface area contributed by atoms with Gasteiger partial charge in [0.25, 0.3) is 5.91 Å². The molecule has 124 valence electrons. The Morgan fingerprint density at radius 2 is 1.79 bits per heavy atom. The first-order valence-corrected chi connectivity index (χ1v) is 8.81. The number of benzene rings is 2. The quantitative estimate of drug-likeness (QED) is 0.704. The lowest BCUT2D eigenvalue weighted by molar-refractivity contribution is 0.0827. The molecule has 1 amide bonds. The van der Waals surface area contributed by atoms with Gasteiger partial charge in [-0.25, -0.2) is 4.98 Å². The highest BCUT2D eigenvalue weighted by Gasteiger charge is 2.12. The summed E-state index contributed by atoms with van der Waals surface area (Å²) in [6.45, 7) is 3.81. The van der Waals surface area contributed by atoms with Crippen LogP contribution in [0.1, 0.15) is 22.8 Å². The molecule has 1 heterocycles. The summed E-state index contributed by atoms with van der Waals surface area (Å²) in [5.74, 6) is 0.0278. The van der Waals surface area contributed by atoms with E-state index in [-0.39, 0.29) is 5.91 Å². The van der Waals surface area contributed by atoms with Gasteiger partial charge in [0.05, 0.1) is 10.2 Å². The first kappa shape index (κ1) is 16.5. The molecule has 0 saturated heterocycles. The van der Waals surface area contributed by atoms with Gasteiger partial charge in [0, 0.05) is 32.7 Å². The maximum Gasteiger partial charge on any atom is 0.253 e. The van der Waals surface area contributed by atoms with Crippen LogP contribution in [0.5, 0.6) is 0 Å². The van der Waals surface area contributed by atoms with Crippen molar-refractivity contribution < 1.29 is 4.79 Å². The molecule has 0 spiro atoms. The van der Waals surface area contributed by atoms with E-state index < -0.39 is 0 Å². The Balaban J connectivity index is 1.79. The van der Waals surface area contributed by atoms with E-state index >= 15 is 0 Å². The number of hydrogen-bond acceptors (Lipinski definition) is 4. The van der Waals surface area contributed by atoms with Crippen molar-refractivity contribution in [3.63, 3.8) is 0 Å². The van der Waals surface area contributed by atoms with Crippen LogP contribution in [0, 0.1) is 0 Å². The lowest BCUT2D eigenvalue weighted by atomic mass is 10.1. The average molecular weight is 339 g/mol. The zero-order chi connectivity index (χ0) is 17.1. The predicted octanol–water partition coefficient (Wildman–Crippen LogP) is 4.02. The molecule has 0 aliphatic rings. The van der Waals surface area contributed by atoms with E-state index in [1.165, 1.54) is 10.3 Å². The molecule has 0 radical (unpaired) electrons. The van der Waals surface area contributed by atoms with Gasteiger partial charge in [-0.3, -0.25) is 4.79 Å². The third kappa shape index (κ3) is 3.41. The highest BCUT2D eigenvalue weighted by molar-refractivity contribution is 7.22. The van der Waals surface area contributed by atoms with Crippen molar-refractivity contribution in [3.8, 4) is 0 Å². The van der Waals surface area contributed by atoms with E-state index in [4.69, 9.17) is 4.98 Å². The van der Waals surface area contributed by atoms with Gasteiger partial charge in [0.15, 0.2) is 5.13 Å². The van der Waals surface area contributed by atoms with Crippen molar-refractivity contribution in [1.82, 2.24) is 9.88 Å². The number of rotatable bonds is 5. The monoisotopic (exact) mass is 339 g/mol. The van der Waals surface area contributed by atoms with Gasteiger partial charge < -0.3 is 9.80 Å². The summed E-state index contributed by atoms with van der Waals surface area (Å²) >= 11 is 1.72. The summed E-state index contributed by atoms with van der Waals surface area (Å²) in [4.78, 5) is 20.5. The van der Waals surface area contributed by atoms with E-state index in [1.54, 1.807) is 30.3 Å². The minimum Gasteiger partial charge on any atom is -0.345 e. The topological polar surface area (TPSA) is 36.4 Å². The molecule has 0 aliphatic carbocycles. The van der Waals surface area contributed by atoms with Crippen LogP contribution in [0.15, 0.2) is 48.5 Å². The Morgan fingerprint density at radius 1 is 1.08 bits per heavy atom. The fourth-order valence-electron chi connectivity index (χ4n) is 2.54. The average Bonchev–Trinajstić information content (AvgIpc) is 3.03. The Labute approximate surface area is 146 Å². The van der Waals surface area contributed by atoms with Crippen molar-refractivity contribution >= 4 is 32.6 Å². The molecule has 0 unspecified atom stereocenters. The number of nitrogens with zero attached hydrogens (tertiary/aromatic N) is 3. The summed E-state index contributed by atoms with van der Waals surface area (Å²) in [5, 5.41) is 1.03. The van der Waals surface area contributed by atoms with Crippen molar-refractivity contribution in [1.29, 1.82) is 0 Å². The highest BCUT2D eigenvalue weighted by Crippen LogP contribution is 2.29. The van der Waals surface area contributed by atoms with Gasteiger partial charge in [-0.05, 0) is 36.8 Å². The second kappa shape index (κ2) is 7.01. The molecule has 24 heavy (non-hydrogen) atoms. The number of thiazole rings is 1. The van der Waals surface area contributed by atoms with Crippen LogP contribution >= 0.6 is 11.3 Å². The van der Waals surface area contributed by atoms with E-state index in [2.05, 4.69) is 17.9 Å². The molecule has 0 saturated carbocycles. The van der Waals surface area contributed by atoms with Crippen molar-refractivity contribution in [2.45, 2.75) is 13.5 Å². The van der Waals surface area contributed by atoms with Gasteiger partial charge in [0.2, 0.25) is 0 Å². The van der Waals surface area contributed by atoms with Crippen LogP contribution in [0.2, 0.25) is 0 Å². The van der Waals surface area contributed by atoms with E-state index in [1.807, 2.05) is 42.5 Å². The molecule has 5 heteroatoms. The number of hydrogen-bond donors (Lipinski definition) is 0. The molecule has 3 aromatic rings. The normalized spacial score (nSPS) is 10.8. The molecule has 3 rings (SSSR count). The molecule has 0 aliphatic heterocycles. The minimum absolute atomic E-state index is 0.0278. The molecule has 0 N–H and O–H groups in total. The molecular weight excluding hydrogens is 318 g/mol.